The molecule has 82 valence electrons. The van der Waals surface area contributed by atoms with Crippen LogP contribution in [0.1, 0.15) is 30.5 Å². The molecule has 0 aliphatic heterocycles. The van der Waals surface area contributed by atoms with E-state index in [-0.39, 0.29) is 0 Å². The molecule has 1 aliphatic rings. The largest absolute Gasteiger partial charge is 0.500 e. The fourth-order valence-corrected chi connectivity index (χ4v) is 2.31. The average Bonchev–Trinajstić information content (AvgIpc) is 2.50. The standard InChI is InChI=1S/C13H19NO/c1-2-15-11-10-14-9-8-12-6-4-3-5-7-13(12)14/h2,8-9H,1,3-7,10-11H2. The first-order valence-electron chi connectivity index (χ1n) is 5.81. The lowest BCUT2D eigenvalue weighted by Crippen LogP contribution is -2.07. The maximum atomic E-state index is 5.17. The van der Waals surface area contributed by atoms with Gasteiger partial charge in [0.2, 0.25) is 0 Å². The lowest BCUT2D eigenvalue weighted by molar-refractivity contribution is 0.235. The van der Waals surface area contributed by atoms with Crippen molar-refractivity contribution in [3.05, 3.63) is 36.4 Å². The monoisotopic (exact) mass is 205 g/mol. The summed E-state index contributed by atoms with van der Waals surface area (Å²) in [6.07, 6.45) is 10.3. The predicted octanol–water partition coefficient (Wildman–Crippen LogP) is 2.92. The van der Waals surface area contributed by atoms with Crippen molar-refractivity contribution in [2.45, 2.75) is 38.6 Å². The van der Waals surface area contributed by atoms with E-state index in [1.54, 1.807) is 5.56 Å². The molecule has 0 fully saturated rings. The van der Waals surface area contributed by atoms with E-state index in [1.807, 2.05) is 0 Å². The molecule has 0 unspecified atom stereocenters. The Morgan fingerprint density at radius 3 is 3.07 bits per heavy atom. The second-order valence-corrected chi connectivity index (χ2v) is 4.08. The van der Waals surface area contributed by atoms with Crippen LogP contribution in [0.15, 0.2) is 25.1 Å². The van der Waals surface area contributed by atoms with E-state index in [2.05, 4.69) is 23.4 Å². The van der Waals surface area contributed by atoms with Crippen molar-refractivity contribution in [2.24, 2.45) is 0 Å². The summed E-state index contributed by atoms with van der Waals surface area (Å²) >= 11 is 0. The maximum Gasteiger partial charge on any atom is 0.105 e. The van der Waals surface area contributed by atoms with E-state index >= 15 is 0 Å². The molecule has 15 heavy (non-hydrogen) atoms. The molecule has 0 amide bonds. The average molecular weight is 205 g/mol. The van der Waals surface area contributed by atoms with Crippen molar-refractivity contribution in [1.82, 2.24) is 4.57 Å². The normalized spacial score (nSPS) is 15.5. The predicted molar refractivity (Wildman–Crippen MR) is 61.8 cm³/mol. The Kier molecular flexibility index (Phi) is 3.49. The lowest BCUT2D eigenvalue weighted by Gasteiger charge is -2.09. The number of rotatable bonds is 4. The highest BCUT2D eigenvalue weighted by atomic mass is 16.5. The first-order chi connectivity index (χ1) is 7.42. The second kappa shape index (κ2) is 5.06. The molecule has 0 saturated carbocycles. The molecule has 0 spiro atoms. The molecule has 1 aromatic rings. The van der Waals surface area contributed by atoms with Crippen LogP contribution < -0.4 is 0 Å². The van der Waals surface area contributed by atoms with E-state index in [0.29, 0.717) is 0 Å². The molecule has 0 aromatic carbocycles. The number of nitrogens with zero attached hydrogens (tertiary/aromatic N) is 1. The van der Waals surface area contributed by atoms with Crippen molar-refractivity contribution in [3.63, 3.8) is 0 Å². The van der Waals surface area contributed by atoms with Gasteiger partial charge in [0.05, 0.1) is 12.8 Å². The zero-order valence-corrected chi connectivity index (χ0v) is 9.24. The molecule has 1 aromatic heterocycles. The van der Waals surface area contributed by atoms with Gasteiger partial charge in [-0.1, -0.05) is 13.0 Å². The van der Waals surface area contributed by atoms with Gasteiger partial charge in [-0.25, -0.2) is 0 Å². The minimum absolute atomic E-state index is 0.727. The third-order valence-electron chi connectivity index (χ3n) is 3.10. The Morgan fingerprint density at radius 1 is 1.33 bits per heavy atom. The fraction of sp³-hybridized carbons (Fsp3) is 0.538. The van der Waals surface area contributed by atoms with Crippen molar-refractivity contribution in [3.8, 4) is 0 Å². The van der Waals surface area contributed by atoms with E-state index in [4.69, 9.17) is 4.74 Å². The molecular formula is C13H19NO. The summed E-state index contributed by atoms with van der Waals surface area (Å²) < 4.78 is 7.51. The van der Waals surface area contributed by atoms with Crippen LogP contribution in [-0.2, 0) is 24.1 Å². The van der Waals surface area contributed by atoms with E-state index in [1.165, 1.54) is 44.1 Å². The summed E-state index contributed by atoms with van der Waals surface area (Å²) in [4.78, 5) is 0. The van der Waals surface area contributed by atoms with E-state index in [9.17, 15) is 0 Å². The Balaban J connectivity index is 2.04. The first-order valence-corrected chi connectivity index (χ1v) is 5.81. The molecule has 1 aliphatic carbocycles. The van der Waals surface area contributed by atoms with Gasteiger partial charge in [-0.3, -0.25) is 0 Å². The Hall–Kier alpha value is -1.18. The third-order valence-corrected chi connectivity index (χ3v) is 3.10. The van der Waals surface area contributed by atoms with Crippen LogP contribution in [0.3, 0.4) is 0 Å². The van der Waals surface area contributed by atoms with Gasteiger partial charge in [0.1, 0.15) is 6.61 Å². The lowest BCUT2D eigenvalue weighted by atomic mass is 10.1. The molecule has 0 bridgehead atoms. The van der Waals surface area contributed by atoms with Gasteiger partial charge in [0.25, 0.3) is 0 Å². The number of hydrogen-bond acceptors (Lipinski definition) is 1. The van der Waals surface area contributed by atoms with Gasteiger partial charge in [-0.15, -0.1) is 0 Å². The molecule has 2 heteroatoms. The fourth-order valence-electron chi connectivity index (χ4n) is 2.31. The Labute approximate surface area is 91.6 Å². The smallest absolute Gasteiger partial charge is 0.105 e. The van der Waals surface area contributed by atoms with Crippen molar-refractivity contribution in [1.29, 1.82) is 0 Å². The van der Waals surface area contributed by atoms with Crippen molar-refractivity contribution < 1.29 is 4.74 Å². The highest BCUT2D eigenvalue weighted by Crippen LogP contribution is 2.21. The number of ether oxygens (including phenoxy) is 1. The van der Waals surface area contributed by atoms with Crippen LogP contribution in [0.4, 0.5) is 0 Å². The van der Waals surface area contributed by atoms with Gasteiger partial charge in [0, 0.05) is 11.9 Å². The molecule has 0 atom stereocenters. The quantitative estimate of drug-likeness (QED) is 0.419. The summed E-state index contributed by atoms with van der Waals surface area (Å²) in [5.74, 6) is 0. The molecule has 0 saturated heterocycles. The van der Waals surface area contributed by atoms with Crippen LogP contribution in [0.5, 0.6) is 0 Å². The molecule has 2 rings (SSSR count). The van der Waals surface area contributed by atoms with E-state index in [0.717, 1.165) is 13.2 Å². The van der Waals surface area contributed by atoms with Gasteiger partial charge >= 0.3 is 0 Å². The van der Waals surface area contributed by atoms with Crippen LogP contribution in [0, 0.1) is 0 Å². The number of aromatic nitrogens is 1. The number of hydrogen-bond donors (Lipinski definition) is 0. The molecule has 1 heterocycles. The molecule has 2 nitrogen and oxygen atoms in total. The van der Waals surface area contributed by atoms with Crippen molar-refractivity contribution in [2.75, 3.05) is 6.61 Å². The summed E-state index contributed by atoms with van der Waals surface area (Å²) in [6, 6.07) is 2.27. The summed E-state index contributed by atoms with van der Waals surface area (Å²) in [6.45, 7) is 5.22. The zero-order valence-electron chi connectivity index (χ0n) is 9.24. The summed E-state index contributed by atoms with van der Waals surface area (Å²) in [5, 5.41) is 0. The van der Waals surface area contributed by atoms with Gasteiger partial charge in [0.15, 0.2) is 0 Å². The molecular weight excluding hydrogens is 186 g/mol. The van der Waals surface area contributed by atoms with Crippen LogP contribution >= 0.6 is 0 Å². The van der Waals surface area contributed by atoms with Gasteiger partial charge in [-0.2, -0.15) is 0 Å². The molecule has 0 radical (unpaired) electrons. The highest BCUT2D eigenvalue weighted by molar-refractivity contribution is 5.23. The minimum Gasteiger partial charge on any atom is -0.500 e. The first kappa shape index (κ1) is 10.3. The highest BCUT2D eigenvalue weighted by Gasteiger charge is 2.11. The number of aryl methyl sites for hydroxylation is 1. The summed E-state index contributed by atoms with van der Waals surface area (Å²) in [7, 11) is 0. The molecule has 0 N–H and O–H groups in total. The van der Waals surface area contributed by atoms with E-state index < -0.39 is 0 Å². The minimum atomic E-state index is 0.727. The Morgan fingerprint density at radius 2 is 2.20 bits per heavy atom. The van der Waals surface area contributed by atoms with Gasteiger partial charge < -0.3 is 9.30 Å². The summed E-state index contributed by atoms with van der Waals surface area (Å²) in [5.41, 5.74) is 3.08. The van der Waals surface area contributed by atoms with Crippen molar-refractivity contribution >= 4 is 0 Å². The maximum absolute atomic E-state index is 5.17. The van der Waals surface area contributed by atoms with Crippen LogP contribution in [0.25, 0.3) is 0 Å². The zero-order chi connectivity index (χ0) is 10.5. The number of fused-ring (bicyclic) bond motifs is 1. The van der Waals surface area contributed by atoms with Crippen LogP contribution in [0.2, 0.25) is 0 Å². The van der Waals surface area contributed by atoms with Crippen LogP contribution in [-0.4, -0.2) is 11.2 Å². The van der Waals surface area contributed by atoms with Gasteiger partial charge in [-0.05, 0) is 37.3 Å². The topological polar surface area (TPSA) is 14.2 Å². The third kappa shape index (κ3) is 2.44. The second-order valence-electron chi connectivity index (χ2n) is 4.08. The SMILES string of the molecule is C=COCCn1ccc2c1CCCCC2. The Bertz CT molecular complexity index is 327.